The van der Waals surface area contributed by atoms with Crippen LogP contribution in [0.2, 0.25) is 0 Å². The first kappa shape index (κ1) is 11.4. The lowest BCUT2D eigenvalue weighted by Crippen LogP contribution is -2.60. The molecular weight excluding hydrogens is 228 g/mol. The molecule has 6 heteroatoms. The third kappa shape index (κ3) is 2.18. The van der Waals surface area contributed by atoms with Gasteiger partial charge in [0.25, 0.3) is 0 Å². The van der Waals surface area contributed by atoms with E-state index in [-0.39, 0.29) is 4.90 Å². The summed E-state index contributed by atoms with van der Waals surface area (Å²) in [6.45, 7) is 2.88. The minimum Gasteiger partial charge on any atom is -0.386 e. The zero-order chi connectivity index (χ0) is 12.0. The molecule has 5 nitrogen and oxygen atoms in total. The van der Waals surface area contributed by atoms with Gasteiger partial charge < -0.3 is 10.0 Å². The largest absolute Gasteiger partial charge is 0.386 e. The van der Waals surface area contributed by atoms with Crippen molar-refractivity contribution >= 4 is 15.7 Å². The standard InChI is InChI=1S/C10H14N2O3S/c1-10(13)6-12(7-10)8-2-4-9(5-3-8)16(11,14)15/h2-5,13H,6-7H2,1H3,(H2,11,14,15). The van der Waals surface area contributed by atoms with Gasteiger partial charge in [-0.1, -0.05) is 0 Å². The molecule has 0 saturated carbocycles. The average Bonchev–Trinajstić information content (AvgIpc) is 2.13. The number of sulfonamides is 1. The summed E-state index contributed by atoms with van der Waals surface area (Å²) in [6.07, 6.45) is 0. The summed E-state index contributed by atoms with van der Waals surface area (Å²) in [5, 5.41) is 14.6. The van der Waals surface area contributed by atoms with Crippen LogP contribution in [0.1, 0.15) is 6.92 Å². The van der Waals surface area contributed by atoms with Gasteiger partial charge in [0, 0.05) is 18.8 Å². The molecule has 0 spiro atoms. The molecular formula is C10H14N2O3S. The molecule has 1 saturated heterocycles. The molecule has 0 unspecified atom stereocenters. The highest BCUT2D eigenvalue weighted by Gasteiger charge is 2.36. The van der Waals surface area contributed by atoms with Crippen LogP contribution >= 0.6 is 0 Å². The molecule has 1 heterocycles. The molecule has 0 bridgehead atoms. The molecule has 0 aliphatic carbocycles. The monoisotopic (exact) mass is 242 g/mol. The number of rotatable bonds is 2. The molecule has 1 aliphatic rings. The van der Waals surface area contributed by atoms with Gasteiger partial charge >= 0.3 is 0 Å². The molecule has 16 heavy (non-hydrogen) atoms. The lowest BCUT2D eigenvalue weighted by atomic mass is 9.96. The lowest BCUT2D eigenvalue weighted by molar-refractivity contribution is 0.0310. The van der Waals surface area contributed by atoms with Gasteiger partial charge in [-0.25, -0.2) is 13.6 Å². The summed E-state index contributed by atoms with van der Waals surface area (Å²) < 4.78 is 22.0. The Morgan fingerprint density at radius 3 is 2.19 bits per heavy atom. The van der Waals surface area contributed by atoms with E-state index in [0.717, 1.165) is 5.69 Å². The molecule has 0 atom stereocenters. The van der Waals surface area contributed by atoms with Crippen molar-refractivity contribution in [3.05, 3.63) is 24.3 Å². The van der Waals surface area contributed by atoms with Crippen molar-refractivity contribution in [1.82, 2.24) is 0 Å². The molecule has 1 aromatic rings. The van der Waals surface area contributed by atoms with E-state index in [4.69, 9.17) is 5.14 Å². The minimum atomic E-state index is -3.62. The summed E-state index contributed by atoms with van der Waals surface area (Å²) >= 11 is 0. The van der Waals surface area contributed by atoms with E-state index >= 15 is 0 Å². The number of aliphatic hydroxyl groups is 1. The van der Waals surface area contributed by atoms with E-state index in [0.29, 0.717) is 13.1 Å². The van der Waals surface area contributed by atoms with Crippen LogP contribution in [0.15, 0.2) is 29.2 Å². The summed E-state index contributed by atoms with van der Waals surface area (Å²) in [4.78, 5) is 2.07. The number of nitrogens with two attached hydrogens (primary N) is 1. The van der Waals surface area contributed by atoms with Crippen LogP contribution in [0.3, 0.4) is 0 Å². The number of benzene rings is 1. The molecule has 88 valence electrons. The number of β-amino-alcohol motifs (C(OH)–C–C–N with tert-alkyl or cyclic N) is 1. The highest BCUT2D eigenvalue weighted by atomic mass is 32.2. The molecule has 0 radical (unpaired) electrons. The number of hydrogen-bond donors (Lipinski definition) is 2. The summed E-state index contributed by atoms with van der Waals surface area (Å²) in [5.74, 6) is 0. The van der Waals surface area contributed by atoms with Crippen molar-refractivity contribution in [3.8, 4) is 0 Å². The Labute approximate surface area is 94.5 Å². The second-order valence-electron chi connectivity index (χ2n) is 4.39. The summed E-state index contributed by atoms with van der Waals surface area (Å²) in [6, 6.07) is 6.32. The first-order chi connectivity index (χ1) is 7.28. The maximum absolute atomic E-state index is 11.0. The van der Waals surface area contributed by atoms with Crippen LogP contribution in [-0.4, -0.2) is 32.2 Å². The minimum absolute atomic E-state index is 0.100. The zero-order valence-corrected chi connectivity index (χ0v) is 9.74. The third-order valence-corrected chi connectivity index (χ3v) is 3.52. The molecule has 1 aromatic carbocycles. The Bertz CT molecular complexity index is 485. The summed E-state index contributed by atoms with van der Waals surface area (Å²) in [7, 11) is -3.62. The Kier molecular flexibility index (Phi) is 2.45. The highest BCUT2D eigenvalue weighted by molar-refractivity contribution is 7.89. The van der Waals surface area contributed by atoms with Gasteiger partial charge in [-0.05, 0) is 31.2 Å². The molecule has 0 amide bonds. The number of primary sulfonamides is 1. The van der Waals surface area contributed by atoms with Gasteiger partial charge in [-0.3, -0.25) is 0 Å². The van der Waals surface area contributed by atoms with Crippen molar-refractivity contribution in [2.24, 2.45) is 5.14 Å². The van der Waals surface area contributed by atoms with Crippen molar-refractivity contribution in [2.75, 3.05) is 18.0 Å². The van der Waals surface area contributed by atoms with Gasteiger partial charge in [0.1, 0.15) is 0 Å². The molecule has 3 N–H and O–H groups in total. The lowest BCUT2D eigenvalue weighted by Gasteiger charge is -2.45. The second-order valence-corrected chi connectivity index (χ2v) is 5.95. The van der Waals surface area contributed by atoms with Crippen LogP contribution in [0.4, 0.5) is 5.69 Å². The van der Waals surface area contributed by atoms with Gasteiger partial charge in [-0.2, -0.15) is 0 Å². The first-order valence-electron chi connectivity index (χ1n) is 4.88. The van der Waals surface area contributed by atoms with Crippen molar-refractivity contribution in [3.63, 3.8) is 0 Å². The van der Waals surface area contributed by atoms with Crippen LogP contribution in [-0.2, 0) is 10.0 Å². The van der Waals surface area contributed by atoms with E-state index in [1.165, 1.54) is 12.1 Å². The Morgan fingerprint density at radius 1 is 1.31 bits per heavy atom. The van der Waals surface area contributed by atoms with Gasteiger partial charge in [0.05, 0.1) is 10.5 Å². The number of hydrogen-bond acceptors (Lipinski definition) is 4. The van der Waals surface area contributed by atoms with Crippen LogP contribution in [0.5, 0.6) is 0 Å². The van der Waals surface area contributed by atoms with Crippen LogP contribution in [0, 0.1) is 0 Å². The maximum Gasteiger partial charge on any atom is 0.238 e. The van der Waals surface area contributed by atoms with E-state index < -0.39 is 15.6 Å². The predicted molar refractivity (Wildman–Crippen MR) is 60.7 cm³/mol. The molecule has 1 fully saturated rings. The topological polar surface area (TPSA) is 83.6 Å². The Morgan fingerprint density at radius 2 is 1.81 bits per heavy atom. The normalized spacial score (nSPS) is 19.3. The predicted octanol–water partition coefficient (Wildman–Crippen LogP) is -0.0950. The zero-order valence-electron chi connectivity index (χ0n) is 8.92. The average molecular weight is 242 g/mol. The van der Waals surface area contributed by atoms with E-state index in [2.05, 4.69) is 0 Å². The highest BCUT2D eigenvalue weighted by Crippen LogP contribution is 2.27. The van der Waals surface area contributed by atoms with E-state index in [9.17, 15) is 13.5 Å². The molecule has 2 rings (SSSR count). The van der Waals surface area contributed by atoms with Gasteiger partial charge in [0.15, 0.2) is 0 Å². The van der Waals surface area contributed by atoms with Crippen molar-refractivity contribution < 1.29 is 13.5 Å². The van der Waals surface area contributed by atoms with E-state index in [1.54, 1.807) is 19.1 Å². The fourth-order valence-corrected chi connectivity index (χ4v) is 2.32. The van der Waals surface area contributed by atoms with Gasteiger partial charge in [-0.15, -0.1) is 0 Å². The number of nitrogens with zero attached hydrogens (tertiary/aromatic N) is 1. The van der Waals surface area contributed by atoms with E-state index in [1.807, 2.05) is 4.90 Å². The summed E-state index contributed by atoms with van der Waals surface area (Å²) in [5.41, 5.74) is 0.248. The fourth-order valence-electron chi connectivity index (χ4n) is 1.81. The Balaban J connectivity index is 2.16. The Hall–Kier alpha value is -1.11. The smallest absolute Gasteiger partial charge is 0.238 e. The quantitative estimate of drug-likeness (QED) is 0.759. The third-order valence-electron chi connectivity index (χ3n) is 2.59. The molecule has 0 aromatic heterocycles. The van der Waals surface area contributed by atoms with Crippen molar-refractivity contribution in [1.29, 1.82) is 0 Å². The first-order valence-corrected chi connectivity index (χ1v) is 6.43. The maximum atomic E-state index is 11.0. The van der Waals surface area contributed by atoms with Crippen LogP contribution in [0.25, 0.3) is 0 Å². The van der Waals surface area contributed by atoms with Crippen LogP contribution < -0.4 is 10.0 Å². The number of anilines is 1. The fraction of sp³-hybridized carbons (Fsp3) is 0.400. The SMILES string of the molecule is CC1(O)CN(c2ccc(S(N)(=O)=O)cc2)C1. The second kappa shape index (κ2) is 3.44. The molecule has 1 aliphatic heterocycles. The van der Waals surface area contributed by atoms with Crippen molar-refractivity contribution in [2.45, 2.75) is 17.4 Å². The van der Waals surface area contributed by atoms with Gasteiger partial charge in [0.2, 0.25) is 10.0 Å².